The van der Waals surface area contributed by atoms with Crippen LogP contribution < -0.4 is 9.64 Å². The van der Waals surface area contributed by atoms with Crippen LogP contribution in [0.4, 0.5) is 5.13 Å². The van der Waals surface area contributed by atoms with Gasteiger partial charge in [-0.05, 0) is 42.0 Å². The van der Waals surface area contributed by atoms with Crippen LogP contribution >= 0.6 is 34.5 Å². The molecule has 29 heavy (non-hydrogen) atoms. The van der Waals surface area contributed by atoms with E-state index in [9.17, 15) is 4.79 Å². The Morgan fingerprint density at radius 3 is 2.79 bits per heavy atom. The summed E-state index contributed by atoms with van der Waals surface area (Å²) < 4.78 is 6.22. The Kier molecular flexibility index (Phi) is 5.67. The SMILES string of the molecule is COc1ccc2sc(N(Cc3cccnc3)C(=O)c3cc(Cl)ccc3Cl)nc2c1. The van der Waals surface area contributed by atoms with Crippen LogP contribution in [0.1, 0.15) is 15.9 Å². The smallest absolute Gasteiger partial charge is 0.261 e. The molecular weight excluding hydrogens is 429 g/mol. The lowest BCUT2D eigenvalue weighted by Crippen LogP contribution is -2.30. The monoisotopic (exact) mass is 443 g/mol. The van der Waals surface area contributed by atoms with Gasteiger partial charge in [0.05, 0.1) is 34.5 Å². The number of amides is 1. The highest BCUT2D eigenvalue weighted by atomic mass is 35.5. The van der Waals surface area contributed by atoms with E-state index >= 15 is 0 Å². The first-order valence-electron chi connectivity index (χ1n) is 8.65. The van der Waals surface area contributed by atoms with E-state index in [1.807, 2.05) is 30.3 Å². The predicted octanol–water partition coefficient (Wildman–Crippen LogP) is 5.85. The van der Waals surface area contributed by atoms with Crippen molar-refractivity contribution in [2.45, 2.75) is 6.54 Å². The Bertz CT molecular complexity index is 1180. The molecule has 0 saturated carbocycles. The highest BCUT2D eigenvalue weighted by Crippen LogP contribution is 2.33. The number of rotatable bonds is 5. The number of nitrogens with zero attached hydrogens (tertiary/aromatic N) is 3. The Morgan fingerprint density at radius 2 is 2.03 bits per heavy atom. The van der Waals surface area contributed by atoms with Crippen molar-refractivity contribution in [1.29, 1.82) is 0 Å². The minimum absolute atomic E-state index is 0.285. The van der Waals surface area contributed by atoms with Crippen LogP contribution in [0, 0.1) is 0 Å². The summed E-state index contributed by atoms with van der Waals surface area (Å²) in [6, 6.07) is 14.2. The summed E-state index contributed by atoms with van der Waals surface area (Å²) in [7, 11) is 1.60. The number of ether oxygens (including phenoxy) is 1. The van der Waals surface area contributed by atoms with Gasteiger partial charge in [0.25, 0.3) is 5.91 Å². The van der Waals surface area contributed by atoms with Crippen molar-refractivity contribution in [1.82, 2.24) is 9.97 Å². The third-order valence-electron chi connectivity index (χ3n) is 4.28. The van der Waals surface area contributed by atoms with E-state index in [1.54, 1.807) is 42.6 Å². The molecule has 2 aromatic carbocycles. The summed E-state index contributed by atoms with van der Waals surface area (Å²) in [5, 5.41) is 1.32. The summed E-state index contributed by atoms with van der Waals surface area (Å²) in [5.74, 6) is 0.421. The fraction of sp³-hybridized carbons (Fsp3) is 0.0952. The molecule has 0 unspecified atom stereocenters. The summed E-state index contributed by atoms with van der Waals surface area (Å²) in [6.07, 6.45) is 3.41. The van der Waals surface area contributed by atoms with E-state index in [0.29, 0.717) is 33.0 Å². The van der Waals surface area contributed by atoms with Gasteiger partial charge in [0, 0.05) is 23.5 Å². The molecule has 0 N–H and O–H groups in total. The number of hydrogen-bond donors (Lipinski definition) is 0. The Balaban J connectivity index is 1.79. The van der Waals surface area contributed by atoms with Crippen molar-refractivity contribution < 1.29 is 9.53 Å². The predicted molar refractivity (Wildman–Crippen MR) is 117 cm³/mol. The maximum Gasteiger partial charge on any atom is 0.261 e. The van der Waals surface area contributed by atoms with Crippen molar-refractivity contribution in [3.63, 3.8) is 0 Å². The van der Waals surface area contributed by atoms with Gasteiger partial charge in [0.1, 0.15) is 5.75 Å². The molecule has 0 atom stereocenters. The second kappa shape index (κ2) is 8.37. The Labute approximate surface area is 181 Å². The maximum atomic E-state index is 13.4. The fourth-order valence-corrected chi connectivity index (χ4v) is 4.16. The topological polar surface area (TPSA) is 55.3 Å². The third-order valence-corrected chi connectivity index (χ3v) is 5.91. The lowest BCUT2D eigenvalue weighted by atomic mass is 10.2. The molecule has 0 aliphatic rings. The van der Waals surface area contributed by atoms with Crippen molar-refractivity contribution in [3.8, 4) is 5.75 Å². The van der Waals surface area contributed by atoms with Crippen LogP contribution in [-0.2, 0) is 6.54 Å². The number of carbonyl (C=O) groups is 1. The highest BCUT2D eigenvalue weighted by Gasteiger charge is 2.24. The summed E-state index contributed by atoms with van der Waals surface area (Å²) >= 11 is 13.8. The molecule has 5 nitrogen and oxygen atoms in total. The van der Waals surface area contributed by atoms with Crippen molar-refractivity contribution >= 4 is 55.8 Å². The number of hydrogen-bond acceptors (Lipinski definition) is 5. The number of fused-ring (bicyclic) bond motifs is 1. The van der Waals surface area contributed by atoms with Crippen LogP contribution in [0.3, 0.4) is 0 Å². The van der Waals surface area contributed by atoms with E-state index in [1.165, 1.54) is 11.3 Å². The summed E-state index contributed by atoms with van der Waals surface area (Å²) in [5.41, 5.74) is 1.95. The van der Waals surface area contributed by atoms with Gasteiger partial charge in [-0.2, -0.15) is 0 Å². The number of thiazole rings is 1. The third kappa shape index (κ3) is 4.19. The molecule has 8 heteroatoms. The minimum atomic E-state index is -0.285. The zero-order valence-electron chi connectivity index (χ0n) is 15.3. The van der Waals surface area contributed by atoms with E-state index in [0.717, 1.165) is 15.8 Å². The number of methoxy groups -OCH3 is 1. The average molecular weight is 444 g/mol. The van der Waals surface area contributed by atoms with Gasteiger partial charge in [0.2, 0.25) is 0 Å². The molecule has 0 aliphatic heterocycles. The van der Waals surface area contributed by atoms with Gasteiger partial charge in [-0.3, -0.25) is 14.7 Å². The molecule has 4 aromatic rings. The van der Waals surface area contributed by atoms with Crippen molar-refractivity contribution in [2.24, 2.45) is 0 Å². The Hall–Kier alpha value is -2.67. The Morgan fingerprint density at radius 1 is 1.17 bits per heavy atom. The fourth-order valence-electron chi connectivity index (χ4n) is 2.84. The molecule has 2 aromatic heterocycles. The number of carbonyl (C=O) groups excluding carboxylic acids is 1. The summed E-state index contributed by atoms with van der Waals surface area (Å²) in [4.78, 5) is 23.8. The largest absolute Gasteiger partial charge is 0.497 e. The van der Waals surface area contributed by atoms with Gasteiger partial charge in [-0.15, -0.1) is 0 Å². The van der Waals surface area contributed by atoms with Crippen molar-refractivity contribution in [2.75, 3.05) is 12.0 Å². The average Bonchev–Trinajstić information content (AvgIpc) is 3.16. The number of halogens is 2. The second-order valence-corrected chi connectivity index (χ2v) is 8.06. The molecule has 0 aliphatic carbocycles. The minimum Gasteiger partial charge on any atom is -0.497 e. The molecule has 0 spiro atoms. The van der Waals surface area contributed by atoms with E-state index in [2.05, 4.69) is 9.97 Å². The zero-order valence-corrected chi connectivity index (χ0v) is 17.6. The van der Waals surface area contributed by atoms with Gasteiger partial charge < -0.3 is 4.74 Å². The first-order chi connectivity index (χ1) is 14.0. The number of anilines is 1. The van der Waals surface area contributed by atoms with E-state index in [-0.39, 0.29) is 5.91 Å². The van der Waals surface area contributed by atoms with Crippen LogP contribution in [0.5, 0.6) is 5.75 Å². The van der Waals surface area contributed by atoms with Crippen LogP contribution in [0.2, 0.25) is 10.0 Å². The standard InChI is InChI=1S/C21H15Cl2N3O2S/c1-28-15-5-7-19-18(10-15)25-21(29-19)26(12-13-3-2-8-24-11-13)20(27)16-9-14(22)4-6-17(16)23/h2-11H,12H2,1H3. The summed E-state index contributed by atoms with van der Waals surface area (Å²) in [6.45, 7) is 0.298. The van der Waals surface area contributed by atoms with Gasteiger partial charge in [-0.25, -0.2) is 4.98 Å². The van der Waals surface area contributed by atoms with Crippen LogP contribution in [-0.4, -0.2) is 23.0 Å². The van der Waals surface area contributed by atoms with Crippen molar-refractivity contribution in [3.05, 3.63) is 82.1 Å². The number of aromatic nitrogens is 2. The first kappa shape index (κ1) is 19.6. The molecule has 0 saturated heterocycles. The second-order valence-electron chi connectivity index (χ2n) is 6.21. The van der Waals surface area contributed by atoms with Gasteiger partial charge in [0.15, 0.2) is 5.13 Å². The molecule has 1 amide bonds. The lowest BCUT2D eigenvalue weighted by molar-refractivity contribution is 0.0985. The quantitative estimate of drug-likeness (QED) is 0.387. The molecule has 0 fully saturated rings. The van der Waals surface area contributed by atoms with Gasteiger partial charge in [-0.1, -0.05) is 40.6 Å². The van der Waals surface area contributed by atoms with Crippen LogP contribution in [0.25, 0.3) is 10.2 Å². The highest BCUT2D eigenvalue weighted by molar-refractivity contribution is 7.22. The molecule has 0 radical (unpaired) electrons. The molecule has 146 valence electrons. The molecule has 0 bridgehead atoms. The molecule has 4 rings (SSSR count). The molecular formula is C21H15Cl2N3O2S. The maximum absolute atomic E-state index is 13.4. The number of pyridine rings is 1. The van der Waals surface area contributed by atoms with E-state index in [4.69, 9.17) is 27.9 Å². The number of benzene rings is 2. The van der Waals surface area contributed by atoms with E-state index < -0.39 is 0 Å². The van der Waals surface area contributed by atoms with Gasteiger partial charge >= 0.3 is 0 Å². The van der Waals surface area contributed by atoms with Crippen LogP contribution in [0.15, 0.2) is 60.9 Å². The normalized spacial score (nSPS) is 10.9. The first-order valence-corrected chi connectivity index (χ1v) is 10.2. The molecule has 2 heterocycles. The lowest BCUT2D eigenvalue weighted by Gasteiger charge is -2.20. The zero-order chi connectivity index (χ0) is 20.4.